The van der Waals surface area contributed by atoms with Crippen LogP contribution in [0.5, 0.6) is 0 Å². The number of fused-ring (bicyclic) bond motifs is 1. The molecule has 0 bridgehead atoms. The molecular weight excluding hydrogens is 320 g/mol. The largest absolute Gasteiger partial charge is 0.310 e. The van der Waals surface area contributed by atoms with Gasteiger partial charge in [-0.15, -0.1) is 11.3 Å². The summed E-state index contributed by atoms with van der Waals surface area (Å²) >= 11 is 5.33. The van der Waals surface area contributed by atoms with Crippen molar-refractivity contribution in [2.24, 2.45) is 5.92 Å². The summed E-state index contributed by atoms with van der Waals surface area (Å²) in [6.07, 6.45) is 8.54. The van der Waals surface area contributed by atoms with Crippen molar-refractivity contribution in [3.63, 3.8) is 0 Å². The summed E-state index contributed by atoms with van der Waals surface area (Å²) in [6.45, 7) is 2.11. The number of halogens is 1. The lowest BCUT2D eigenvalue weighted by atomic mass is 9.78. The minimum atomic E-state index is 0.683. The van der Waals surface area contributed by atoms with Gasteiger partial charge in [0.25, 0.3) is 0 Å². The zero-order valence-corrected chi connectivity index (χ0v) is 13.7. The molecule has 3 atom stereocenters. The lowest BCUT2D eigenvalue weighted by molar-refractivity contribution is 0.174. The van der Waals surface area contributed by atoms with Gasteiger partial charge in [-0.2, -0.15) is 0 Å². The highest BCUT2D eigenvalue weighted by molar-refractivity contribution is 9.10. The molecule has 2 aliphatic rings. The lowest BCUT2D eigenvalue weighted by Gasteiger charge is -2.40. The van der Waals surface area contributed by atoms with E-state index in [1.54, 1.807) is 0 Å². The SMILES string of the molecule is Brc1csc(CNCC2CCC3CCCCC3N2)c1. The van der Waals surface area contributed by atoms with E-state index in [2.05, 4.69) is 38.0 Å². The summed E-state index contributed by atoms with van der Waals surface area (Å²) in [4.78, 5) is 1.42. The van der Waals surface area contributed by atoms with Crippen LogP contribution in [0, 0.1) is 5.92 Å². The van der Waals surface area contributed by atoms with E-state index in [4.69, 9.17) is 0 Å². The summed E-state index contributed by atoms with van der Waals surface area (Å²) in [5.74, 6) is 0.971. The second kappa shape index (κ2) is 6.70. The smallest absolute Gasteiger partial charge is 0.0300 e. The molecule has 0 aromatic carbocycles. The highest BCUT2D eigenvalue weighted by Gasteiger charge is 2.31. The Morgan fingerprint density at radius 3 is 3.00 bits per heavy atom. The Morgan fingerprint density at radius 2 is 2.16 bits per heavy atom. The molecule has 3 rings (SSSR count). The van der Waals surface area contributed by atoms with Crippen LogP contribution in [0.2, 0.25) is 0 Å². The predicted molar refractivity (Wildman–Crippen MR) is 85.6 cm³/mol. The maximum atomic E-state index is 3.88. The fourth-order valence-corrected chi connectivity index (χ4v) is 4.97. The van der Waals surface area contributed by atoms with Gasteiger partial charge in [-0.3, -0.25) is 0 Å². The molecule has 2 nitrogen and oxygen atoms in total. The zero-order valence-electron chi connectivity index (χ0n) is 11.3. The van der Waals surface area contributed by atoms with Crippen molar-refractivity contribution in [2.75, 3.05) is 6.54 Å². The second-order valence-corrected chi connectivity index (χ2v) is 7.87. The zero-order chi connectivity index (χ0) is 13.1. The fraction of sp³-hybridized carbons (Fsp3) is 0.733. The van der Waals surface area contributed by atoms with Crippen LogP contribution < -0.4 is 10.6 Å². The van der Waals surface area contributed by atoms with Crippen LogP contribution in [-0.2, 0) is 6.54 Å². The van der Waals surface area contributed by atoms with E-state index in [-0.39, 0.29) is 0 Å². The summed E-state index contributed by atoms with van der Waals surface area (Å²) in [5.41, 5.74) is 0. The first-order chi connectivity index (χ1) is 9.31. The van der Waals surface area contributed by atoms with Crippen LogP contribution in [0.4, 0.5) is 0 Å². The standard InChI is InChI=1S/C15H23BrN2S/c16-12-7-14(19-10-12)9-17-8-13-6-5-11-3-1-2-4-15(11)18-13/h7,10-11,13,15,17-18H,1-6,8-9H2. The Bertz CT molecular complexity index is 407. The van der Waals surface area contributed by atoms with E-state index in [0.29, 0.717) is 6.04 Å². The molecule has 0 amide bonds. The Hall–Kier alpha value is 0.1000. The molecule has 19 heavy (non-hydrogen) atoms. The third kappa shape index (κ3) is 3.81. The first kappa shape index (κ1) is 14.1. The molecule has 2 heterocycles. The quantitative estimate of drug-likeness (QED) is 0.866. The predicted octanol–water partition coefficient (Wildman–Crippen LogP) is 3.91. The second-order valence-electron chi connectivity index (χ2n) is 5.95. The topological polar surface area (TPSA) is 24.1 Å². The molecular formula is C15H23BrN2S. The Morgan fingerprint density at radius 1 is 1.26 bits per heavy atom. The summed E-state index contributed by atoms with van der Waals surface area (Å²) in [7, 11) is 0. The van der Waals surface area contributed by atoms with Crippen LogP contribution in [0.3, 0.4) is 0 Å². The van der Waals surface area contributed by atoms with Gasteiger partial charge in [0.2, 0.25) is 0 Å². The van der Waals surface area contributed by atoms with Gasteiger partial charge in [0.15, 0.2) is 0 Å². The lowest BCUT2D eigenvalue weighted by Crippen LogP contribution is -2.52. The first-order valence-electron chi connectivity index (χ1n) is 7.51. The van der Waals surface area contributed by atoms with Crippen LogP contribution in [0.1, 0.15) is 43.4 Å². The van der Waals surface area contributed by atoms with Gasteiger partial charge < -0.3 is 10.6 Å². The van der Waals surface area contributed by atoms with Gasteiger partial charge >= 0.3 is 0 Å². The number of hydrogen-bond acceptors (Lipinski definition) is 3. The van der Waals surface area contributed by atoms with Gasteiger partial charge in [-0.25, -0.2) is 0 Å². The highest BCUT2D eigenvalue weighted by atomic mass is 79.9. The van der Waals surface area contributed by atoms with Gasteiger partial charge in [-0.05, 0) is 53.6 Å². The monoisotopic (exact) mass is 342 g/mol. The summed E-state index contributed by atoms with van der Waals surface area (Å²) < 4.78 is 1.20. The third-order valence-electron chi connectivity index (χ3n) is 4.56. The molecule has 2 fully saturated rings. The third-order valence-corrected chi connectivity index (χ3v) is 6.25. The number of thiophene rings is 1. The van der Waals surface area contributed by atoms with Crippen molar-refractivity contribution in [1.82, 2.24) is 10.6 Å². The molecule has 2 N–H and O–H groups in total. The number of piperidine rings is 1. The minimum Gasteiger partial charge on any atom is -0.310 e. The van der Waals surface area contributed by atoms with E-state index in [0.717, 1.165) is 25.0 Å². The highest BCUT2D eigenvalue weighted by Crippen LogP contribution is 2.32. The maximum absolute atomic E-state index is 3.88. The molecule has 1 aromatic rings. The Labute approximate surface area is 128 Å². The van der Waals surface area contributed by atoms with Gasteiger partial charge in [0.1, 0.15) is 0 Å². The molecule has 4 heteroatoms. The summed E-state index contributed by atoms with van der Waals surface area (Å²) in [5, 5.41) is 9.64. The van der Waals surface area contributed by atoms with Crippen LogP contribution in [0.25, 0.3) is 0 Å². The molecule has 1 saturated heterocycles. The average Bonchev–Trinajstić information content (AvgIpc) is 2.84. The van der Waals surface area contributed by atoms with E-state index < -0.39 is 0 Å². The molecule has 1 saturated carbocycles. The molecule has 1 aromatic heterocycles. The molecule has 3 unspecified atom stereocenters. The molecule has 0 radical (unpaired) electrons. The van der Waals surface area contributed by atoms with E-state index in [1.165, 1.54) is 47.9 Å². The van der Waals surface area contributed by atoms with Crippen molar-refractivity contribution >= 4 is 27.3 Å². The minimum absolute atomic E-state index is 0.683. The average molecular weight is 343 g/mol. The Balaban J connectivity index is 1.41. The molecule has 1 aliphatic carbocycles. The van der Waals surface area contributed by atoms with E-state index in [1.807, 2.05) is 11.3 Å². The molecule has 1 aliphatic heterocycles. The van der Waals surface area contributed by atoms with Crippen molar-refractivity contribution in [2.45, 2.75) is 57.2 Å². The van der Waals surface area contributed by atoms with Gasteiger partial charge in [0, 0.05) is 39.9 Å². The number of nitrogens with one attached hydrogen (secondary N) is 2. The Kier molecular flexibility index (Phi) is 4.96. The van der Waals surface area contributed by atoms with Crippen LogP contribution in [0.15, 0.2) is 15.9 Å². The number of rotatable bonds is 4. The molecule has 0 spiro atoms. The van der Waals surface area contributed by atoms with Crippen molar-refractivity contribution < 1.29 is 0 Å². The van der Waals surface area contributed by atoms with E-state index >= 15 is 0 Å². The number of hydrogen-bond donors (Lipinski definition) is 2. The van der Waals surface area contributed by atoms with Crippen LogP contribution >= 0.6 is 27.3 Å². The van der Waals surface area contributed by atoms with Crippen molar-refractivity contribution in [1.29, 1.82) is 0 Å². The first-order valence-corrected chi connectivity index (χ1v) is 9.18. The van der Waals surface area contributed by atoms with Crippen molar-refractivity contribution in [3.8, 4) is 0 Å². The van der Waals surface area contributed by atoms with Crippen molar-refractivity contribution in [3.05, 3.63) is 20.8 Å². The van der Waals surface area contributed by atoms with Gasteiger partial charge in [0.05, 0.1) is 0 Å². The fourth-order valence-electron chi connectivity index (χ4n) is 3.55. The van der Waals surface area contributed by atoms with E-state index in [9.17, 15) is 0 Å². The maximum Gasteiger partial charge on any atom is 0.0300 e. The summed E-state index contributed by atoms with van der Waals surface area (Å²) in [6, 6.07) is 3.70. The van der Waals surface area contributed by atoms with Crippen LogP contribution in [-0.4, -0.2) is 18.6 Å². The molecule has 106 valence electrons. The normalized spacial score (nSPS) is 31.1. The van der Waals surface area contributed by atoms with Gasteiger partial charge in [-0.1, -0.05) is 12.8 Å².